The van der Waals surface area contributed by atoms with E-state index in [0.29, 0.717) is 16.0 Å². The van der Waals surface area contributed by atoms with Crippen LogP contribution in [0.4, 0.5) is 5.69 Å². The van der Waals surface area contributed by atoms with E-state index in [1.54, 1.807) is 24.3 Å². The standard InChI is InChI=1S/C18H17Cl2NO/c1-12(2)15-5-3-4-6-17(15)21-18(22)10-8-13-7-9-14(19)11-16(13)20/h3-12H,1-2H3,(H,21,22)/b10-8+. The molecule has 0 atom stereocenters. The molecule has 2 nitrogen and oxygen atoms in total. The topological polar surface area (TPSA) is 29.1 Å². The zero-order chi connectivity index (χ0) is 16.1. The zero-order valence-corrected chi connectivity index (χ0v) is 13.9. The molecule has 0 aliphatic carbocycles. The van der Waals surface area contributed by atoms with Gasteiger partial charge < -0.3 is 5.32 Å². The molecule has 2 aromatic rings. The number of nitrogens with one attached hydrogen (secondary N) is 1. The molecule has 4 heteroatoms. The first-order valence-electron chi connectivity index (χ1n) is 7.00. The minimum atomic E-state index is -0.195. The summed E-state index contributed by atoms with van der Waals surface area (Å²) in [5.74, 6) is 0.144. The molecule has 114 valence electrons. The first-order chi connectivity index (χ1) is 10.5. The van der Waals surface area contributed by atoms with Crippen LogP contribution in [-0.4, -0.2) is 5.91 Å². The maximum atomic E-state index is 12.1. The van der Waals surface area contributed by atoms with Gasteiger partial charge in [0.25, 0.3) is 0 Å². The Labute approximate surface area is 140 Å². The molecule has 0 fully saturated rings. The Morgan fingerprint density at radius 1 is 1.14 bits per heavy atom. The molecule has 0 aliphatic heterocycles. The van der Waals surface area contributed by atoms with E-state index < -0.39 is 0 Å². The highest BCUT2D eigenvalue weighted by Gasteiger charge is 2.07. The van der Waals surface area contributed by atoms with Gasteiger partial charge in [0.1, 0.15) is 0 Å². The highest BCUT2D eigenvalue weighted by molar-refractivity contribution is 6.35. The van der Waals surface area contributed by atoms with Crippen molar-refractivity contribution in [1.29, 1.82) is 0 Å². The van der Waals surface area contributed by atoms with E-state index in [1.807, 2.05) is 24.3 Å². The number of anilines is 1. The van der Waals surface area contributed by atoms with Crippen LogP contribution in [-0.2, 0) is 4.79 Å². The summed E-state index contributed by atoms with van der Waals surface area (Å²) in [6.07, 6.45) is 3.14. The first kappa shape index (κ1) is 16.6. The van der Waals surface area contributed by atoms with Gasteiger partial charge in [0.05, 0.1) is 0 Å². The van der Waals surface area contributed by atoms with Gasteiger partial charge in [0.15, 0.2) is 0 Å². The van der Waals surface area contributed by atoms with Gasteiger partial charge in [-0.15, -0.1) is 0 Å². The third-order valence-electron chi connectivity index (χ3n) is 3.22. The zero-order valence-electron chi connectivity index (χ0n) is 12.4. The molecule has 0 saturated heterocycles. The predicted molar refractivity (Wildman–Crippen MR) is 94.7 cm³/mol. The van der Waals surface area contributed by atoms with Crippen molar-refractivity contribution in [3.63, 3.8) is 0 Å². The van der Waals surface area contributed by atoms with Crippen molar-refractivity contribution in [2.45, 2.75) is 19.8 Å². The van der Waals surface area contributed by atoms with Gasteiger partial charge in [-0.2, -0.15) is 0 Å². The number of carbonyl (C=O) groups excluding carboxylic acids is 1. The summed E-state index contributed by atoms with van der Waals surface area (Å²) in [4.78, 5) is 12.1. The Bertz CT molecular complexity index is 708. The lowest BCUT2D eigenvalue weighted by atomic mass is 10.0. The number of rotatable bonds is 4. The van der Waals surface area contributed by atoms with Crippen LogP contribution < -0.4 is 5.32 Å². The summed E-state index contributed by atoms with van der Waals surface area (Å²) in [7, 11) is 0. The van der Waals surface area contributed by atoms with Crippen LogP contribution in [0.3, 0.4) is 0 Å². The number of carbonyl (C=O) groups is 1. The summed E-state index contributed by atoms with van der Waals surface area (Å²) in [5.41, 5.74) is 2.68. The van der Waals surface area contributed by atoms with Crippen LogP contribution in [0.15, 0.2) is 48.5 Å². The predicted octanol–water partition coefficient (Wildman–Crippen LogP) is 5.77. The molecule has 0 unspecified atom stereocenters. The van der Waals surface area contributed by atoms with Crippen molar-refractivity contribution in [2.24, 2.45) is 0 Å². The minimum absolute atomic E-state index is 0.195. The van der Waals surface area contributed by atoms with Gasteiger partial charge in [-0.05, 0) is 41.3 Å². The van der Waals surface area contributed by atoms with Gasteiger partial charge in [0.2, 0.25) is 5.91 Å². The van der Waals surface area contributed by atoms with Crippen LogP contribution >= 0.6 is 23.2 Å². The monoisotopic (exact) mass is 333 g/mol. The number of halogens is 2. The lowest BCUT2D eigenvalue weighted by Crippen LogP contribution is -2.10. The minimum Gasteiger partial charge on any atom is -0.322 e. The lowest BCUT2D eigenvalue weighted by Gasteiger charge is -2.12. The Kier molecular flexibility index (Phi) is 5.64. The van der Waals surface area contributed by atoms with Crippen LogP contribution in [0, 0.1) is 0 Å². The van der Waals surface area contributed by atoms with E-state index in [9.17, 15) is 4.79 Å². The van der Waals surface area contributed by atoms with Crippen molar-refractivity contribution in [2.75, 3.05) is 5.32 Å². The van der Waals surface area contributed by atoms with Gasteiger partial charge >= 0.3 is 0 Å². The quantitative estimate of drug-likeness (QED) is 0.707. The molecule has 0 saturated carbocycles. The summed E-state index contributed by atoms with van der Waals surface area (Å²) in [6, 6.07) is 12.9. The summed E-state index contributed by atoms with van der Waals surface area (Å²) < 4.78 is 0. The maximum Gasteiger partial charge on any atom is 0.248 e. The second-order valence-electron chi connectivity index (χ2n) is 5.23. The van der Waals surface area contributed by atoms with Crippen LogP contribution in [0.5, 0.6) is 0 Å². The maximum absolute atomic E-state index is 12.1. The van der Waals surface area contributed by atoms with E-state index in [0.717, 1.165) is 16.8 Å². The van der Waals surface area contributed by atoms with Crippen molar-refractivity contribution in [3.05, 3.63) is 69.7 Å². The third-order valence-corrected chi connectivity index (χ3v) is 3.78. The number of para-hydroxylation sites is 1. The van der Waals surface area contributed by atoms with E-state index in [1.165, 1.54) is 6.08 Å². The van der Waals surface area contributed by atoms with Gasteiger partial charge in [-0.1, -0.05) is 61.3 Å². The van der Waals surface area contributed by atoms with Crippen LogP contribution in [0.2, 0.25) is 10.0 Å². The largest absolute Gasteiger partial charge is 0.322 e. The lowest BCUT2D eigenvalue weighted by molar-refractivity contribution is -0.111. The molecule has 0 radical (unpaired) electrons. The fraction of sp³-hybridized carbons (Fsp3) is 0.167. The number of amides is 1. The van der Waals surface area contributed by atoms with Gasteiger partial charge in [0, 0.05) is 21.8 Å². The third kappa shape index (κ3) is 4.36. The summed E-state index contributed by atoms with van der Waals surface area (Å²) in [5, 5.41) is 3.98. The molecule has 1 amide bonds. The van der Waals surface area contributed by atoms with E-state index in [-0.39, 0.29) is 5.91 Å². The first-order valence-corrected chi connectivity index (χ1v) is 7.76. The van der Waals surface area contributed by atoms with Gasteiger partial charge in [-0.25, -0.2) is 0 Å². The van der Waals surface area contributed by atoms with Crippen molar-refractivity contribution in [1.82, 2.24) is 0 Å². The molecular weight excluding hydrogens is 317 g/mol. The molecular formula is C18H17Cl2NO. The SMILES string of the molecule is CC(C)c1ccccc1NC(=O)/C=C/c1ccc(Cl)cc1Cl. The van der Waals surface area contributed by atoms with E-state index in [2.05, 4.69) is 19.2 Å². The van der Waals surface area contributed by atoms with Crippen molar-refractivity contribution in [3.8, 4) is 0 Å². The average Bonchev–Trinajstić information content (AvgIpc) is 2.46. The molecule has 2 aromatic carbocycles. The smallest absolute Gasteiger partial charge is 0.248 e. The second kappa shape index (κ2) is 7.48. The number of hydrogen-bond donors (Lipinski definition) is 1. The molecule has 0 bridgehead atoms. The van der Waals surface area contributed by atoms with Crippen LogP contribution in [0.25, 0.3) is 6.08 Å². The Balaban J connectivity index is 2.12. The Hall–Kier alpha value is -1.77. The summed E-state index contributed by atoms with van der Waals surface area (Å²) >= 11 is 11.9. The average molecular weight is 334 g/mol. The number of hydrogen-bond acceptors (Lipinski definition) is 1. The fourth-order valence-corrected chi connectivity index (χ4v) is 2.56. The summed E-state index contributed by atoms with van der Waals surface area (Å²) in [6.45, 7) is 4.18. The highest BCUT2D eigenvalue weighted by atomic mass is 35.5. The van der Waals surface area contributed by atoms with Crippen LogP contribution in [0.1, 0.15) is 30.9 Å². The van der Waals surface area contributed by atoms with Gasteiger partial charge in [-0.3, -0.25) is 4.79 Å². The molecule has 2 rings (SSSR count). The van der Waals surface area contributed by atoms with Crippen molar-refractivity contribution >= 4 is 40.9 Å². The molecule has 22 heavy (non-hydrogen) atoms. The highest BCUT2D eigenvalue weighted by Crippen LogP contribution is 2.24. The molecule has 0 heterocycles. The molecule has 0 aliphatic rings. The van der Waals surface area contributed by atoms with Crippen molar-refractivity contribution < 1.29 is 4.79 Å². The Morgan fingerprint density at radius 2 is 1.86 bits per heavy atom. The fourth-order valence-electron chi connectivity index (χ4n) is 2.09. The molecule has 1 N–H and O–H groups in total. The Morgan fingerprint density at radius 3 is 2.55 bits per heavy atom. The molecule has 0 aromatic heterocycles. The number of benzene rings is 2. The molecule has 0 spiro atoms. The second-order valence-corrected chi connectivity index (χ2v) is 6.07. The van der Waals surface area contributed by atoms with E-state index in [4.69, 9.17) is 23.2 Å². The normalized spacial score (nSPS) is 11.1. The van der Waals surface area contributed by atoms with E-state index >= 15 is 0 Å².